The minimum absolute atomic E-state index is 0.0617. The Morgan fingerprint density at radius 1 is 1.16 bits per heavy atom. The topological polar surface area (TPSA) is 94.5 Å². The third kappa shape index (κ3) is 6.87. The number of hydrogen-bond acceptors (Lipinski definition) is 5. The molecule has 2 N–H and O–H groups in total. The molecule has 3 rings (SSSR count). The molecule has 0 aliphatic heterocycles. The largest absolute Gasteiger partial charge is 0.490 e. The van der Waals surface area contributed by atoms with Crippen LogP contribution in [0.15, 0.2) is 36.7 Å². The maximum Gasteiger partial charge on any atom is 0.248 e. The number of carbonyl (C=O) groups excluding carboxylic acids is 2. The first-order valence-electron chi connectivity index (χ1n) is 10.8. The molecule has 166 valence electrons. The van der Waals surface area contributed by atoms with Crippen molar-refractivity contribution in [1.82, 2.24) is 15.1 Å². The van der Waals surface area contributed by atoms with E-state index >= 15 is 0 Å². The number of benzene rings is 1. The molecule has 8 heteroatoms. The Morgan fingerprint density at radius 3 is 2.65 bits per heavy atom. The molecular weight excluding hydrogens is 396 g/mol. The molecule has 0 saturated heterocycles. The van der Waals surface area contributed by atoms with E-state index in [4.69, 9.17) is 9.47 Å². The second kappa shape index (κ2) is 11.2. The van der Waals surface area contributed by atoms with Crippen molar-refractivity contribution in [2.45, 2.75) is 52.1 Å². The zero-order valence-corrected chi connectivity index (χ0v) is 18.1. The molecule has 1 saturated carbocycles. The summed E-state index contributed by atoms with van der Waals surface area (Å²) in [6, 6.07) is 5.79. The Kier molecular flexibility index (Phi) is 8.09. The summed E-state index contributed by atoms with van der Waals surface area (Å²) in [6.45, 7) is 5.03. The lowest BCUT2D eigenvalue weighted by Crippen LogP contribution is -2.35. The SMILES string of the molecule is CCOc1ccc(/C=C/C(=O)Nc2cnn(CC(=O)NC3CCCC3)c2)cc1OCC. The highest BCUT2D eigenvalue weighted by atomic mass is 16.5. The molecule has 1 aliphatic rings. The van der Waals surface area contributed by atoms with Crippen molar-refractivity contribution in [3.05, 3.63) is 42.2 Å². The predicted octanol–water partition coefficient (Wildman–Crippen LogP) is 3.39. The van der Waals surface area contributed by atoms with Crippen LogP contribution >= 0.6 is 0 Å². The highest BCUT2D eigenvalue weighted by Gasteiger charge is 2.17. The average molecular weight is 427 g/mol. The zero-order valence-electron chi connectivity index (χ0n) is 18.1. The van der Waals surface area contributed by atoms with Gasteiger partial charge in [0.15, 0.2) is 11.5 Å². The Balaban J connectivity index is 1.53. The molecule has 31 heavy (non-hydrogen) atoms. The van der Waals surface area contributed by atoms with Crippen LogP contribution in [0, 0.1) is 0 Å². The van der Waals surface area contributed by atoms with Crippen molar-refractivity contribution in [2.75, 3.05) is 18.5 Å². The van der Waals surface area contributed by atoms with Gasteiger partial charge in [-0.05, 0) is 50.5 Å². The van der Waals surface area contributed by atoms with E-state index in [-0.39, 0.29) is 24.4 Å². The minimum Gasteiger partial charge on any atom is -0.490 e. The summed E-state index contributed by atoms with van der Waals surface area (Å²) in [5.74, 6) is 0.967. The number of anilines is 1. The Labute approximate surface area is 182 Å². The number of nitrogens with one attached hydrogen (secondary N) is 2. The third-order valence-electron chi connectivity index (χ3n) is 4.92. The van der Waals surface area contributed by atoms with Gasteiger partial charge in [-0.2, -0.15) is 5.10 Å². The fourth-order valence-electron chi connectivity index (χ4n) is 3.53. The smallest absolute Gasteiger partial charge is 0.248 e. The quantitative estimate of drug-likeness (QED) is 0.568. The lowest BCUT2D eigenvalue weighted by atomic mass is 10.2. The van der Waals surface area contributed by atoms with Gasteiger partial charge in [0.2, 0.25) is 11.8 Å². The van der Waals surface area contributed by atoms with Crippen LogP contribution in [0.2, 0.25) is 0 Å². The second-order valence-electron chi connectivity index (χ2n) is 7.37. The van der Waals surface area contributed by atoms with E-state index in [0.717, 1.165) is 18.4 Å². The monoisotopic (exact) mass is 426 g/mol. The molecule has 0 spiro atoms. The molecule has 0 unspecified atom stereocenters. The third-order valence-corrected chi connectivity index (χ3v) is 4.92. The zero-order chi connectivity index (χ0) is 22.1. The number of hydrogen-bond donors (Lipinski definition) is 2. The van der Waals surface area contributed by atoms with Crippen LogP contribution in [0.25, 0.3) is 6.08 Å². The molecule has 0 bridgehead atoms. The maximum absolute atomic E-state index is 12.3. The normalized spacial score (nSPS) is 14.0. The van der Waals surface area contributed by atoms with E-state index in [9.17, 15) is 9.59 Å². The number of aromatic nitrogens is 2. The van der Waals surface area contributed by atoms with E-state index in [1.165, 1.54) is 29.8 Å². The molecule has 2 aromatic rings. The molecule has 0 atom stereocenters. The van der Waals surface area contributed by atoms with Crippen molar-refractivity contribution in [3.63, 3.8) is 0 Å². The van der Waals surface area contributed by atoms with Crippen molar-refractivity contribution in [3.8, 4) is 11.5 Å². The van der Waals surface area contributed by atoms with Gasteiger partial charge in [-0.3, -0.25) is 14.3 Å². The Morgan fingerprint density at radius 2 is 1.90 bits per heavy atom. The standard InChI is InChI=1S/C23H30N4O4/c1-3-30-20-11-9-17(13-21(20)31-4-2)10-12-22(28)26-19-14-24-27(15-19)16-23(29)25-18-7-5-6-8-18/h9-15,18H,3-8,16H2,1-2H3,(H,25,29)(H,26,28)/b12-10+. The summed E-state index contributed by atoms with van der Waals surface area (Å²) in [4.78, 5) is 24.4. The molecule has 8 nitrogen and oxygen atoms in total. The second-order valence-corrected chi connectivity index (χ2v) is 7.37. The maximum atomic E-state index is 12.3. The van der Waals surface area contributed by atoms with E-state index in [2.05, 4.69) is 15.7 Å². The van der Waals surface area contributed by atoms with Crippen molar-refractivity contribution < 1.29 is 19.1 Å². The van der Waals surface area contributed by atoms with Crippen LogP contribution in [0.1, 0.15) is 45.1 Å². The average Bonchev–Trinajstić information content (AvgIpc) is 3.40. The minimum atomic E-state index is -0.290. The van der Waals surface area contributed by atoms with Crippen LogP contribution < -0.4 is 20.1 Å². The van der Waals surface area contributed by atoms with E-state index in [1.54, 1.807) is 12.3 Å². The summed E-state index contributed by atoms with van der Waals surface area (Å²) < 4.78 is 12.7. The number of carbonyl (C=O) groups is 2. The van der Waals surface area contributed by atoms with E-state index < -0.39 is 0 Å². The van der Waals surface area contributed by atoms with Gasteiger partial charge in [-0.15, -0.1) is 0 Å². The van der Waals surface area contributed by atoms with Gasteiger partial charge < -0.3 is 20.1 Å². The summed E-state index contributed by atoms with van der Waals surface area (Å²) in [5.41, 5.74) is 1.35. The Hall–Kier alpha value is -3.29. The molecular formula is C23H30N4O4. The number of ether oxygens (including phenoxy) is 2. The molecule has 1 fully saturated rings. The fraction of sp³-hybridized carbons (Fsp3) is 0.435. The van der Waals surface area contributed by atoms with Gasteiger partial charge in [-0.1, -0.05) is 18.9 Å². The van der Waals surface area contributed by atoms with Crippen molar-refractivity contribution in [2.24, 2.45) is 0 Å². The number of nitrogens with zero attached hydrogens (tertiary/aromatic N) is 2. The molecule has 1 heterocycles. The van der Waals surface area contributed by atoms with Gasteiger partial charge in [0.1, 0.15) is 6.54 Å². The highest BCUT2D eigenvalue weighted by Crippen LogP contribution is 2.29. The van der Waals surface area contributed by atoms with Crippen LogP contribution in [-0.4, -0.2) is 40.9 Å². The molecule has 2 amide bonds. The summed E-state index contributed by atoms with van der Waals surface area (Å²) in [7, 11) is 0. The molecule has 1 aromatic carbocycles. The van der Waals surface area contributed by atoms with Crippen LogP contribution in [-0.2, 0) is 16.1 Å². The number of amides is 2. The first-order chi connectivity index (χ1) is 15.1. The fourth-order valence-corrected chi connectivity index (χ4v) is 3.53. The lowest BCUT2D eigenvalue weighted by Gasteiger charge is -2.11. The number of rotatable bonds is 10. The van der Waals surface area contributed by atoms with Crippen LogP contribution in [0.4, 0.5) is 5.69 Å². The van der Waals surface area contributed by atoms with Crippen molar-refractivity contribution >= 4 is 23.6 Å². The molecule has 0 radical (unpaired) electrons. The van der Waals surface area contributed by atoms with Crippen LogP contribution in [0.5, 0.6) is 11.5 Å². The summed E-state index contributed by atoms with van der Waals surface area (Å²) in [6.07, 6.45) is 10.7. The molecule has 1 aliphatic carbocycles. The Bertz CT molecular complexity index is 916. The van der Waals surface area contributed by atoms with E-state index in [1.807, 2.05) is 32.0 Å². The van der Waals surface area contributed by atoms with Gasteiger partial charge in [-0.25, -0.2) is 0 Å². The van der Waals surface area contributed by atoms with Crippen LogP contribution in [0.3, 0.4) is 0 Å². The van der Waals surface area contributed by atoms with Gasteiger partial charge in [0.25, 0.3) is 0 Å². The molecule has 1 aromatic heterocycles. The highest BCUT2D eigenvalue weighted by molar-refractivity contribution is 6.01. The first kappa shape index (κ1) is 22.4. The summed E-state index contributed by atoms with van der Waals surface area (Å²) >= 11 is 0. The lowest BCUT2D eigenvalue weighted by molar-refractivity contribution is -0.122. The van der Waals surface area contributed by atoms with E-state index in [0.29, 0.717) is 30.4 Å². The van der Waals surface area contributed by atoms with Gasteiger partial charge in [0.05, 0.1) is 25.1 Å². The van der Waals surface area contributed by atoms with Crippen molar-refractivity contribution in [1.29, 1.82) is 0 Å². The predicted molar refractivity (Wildman–Crippen MR) is 119 cm³/mol. The first-order valence-corrected chi connectivity index (χ1v) is 10.8. The summed E-state index contributed by atoms with van der Waals surface area (Å²) in [5, 5.41) is 9.93. The van der Waals surface area contributed by atoms with Gasteiger partial charge in [0, 0.05) is 18.3 Å². The van der Waals surface area contributed by atoms with Gasteiger partial charge >= 0.3 is 0 Å².